The second-order valence-electron chi connectivity index (χ2n) is 5.41. The summed E-state index contributed by atoms with van der Waals surface area (Å²) in [5, 5.41) is 7.06. The lowest BCUT2D eigenvalue weighted by molar-refractivity contribution is -0.121. The van der Waals surface area contributed by atoms with E-state index >= 15 is 0 Å². The van der Waals surface area contributed by atoms with Crippen molar-refractivity contribution in [3.63, 3.8) is 0 Å². The Kier molecular flexibility index (Phi) is 5.15. The zero-order valence-electron chi connectivity index (χ0n) is 10.8. The smallest absolute Gasteiger partial charge is 0.221 e. The van der Waals surface area contributed by atoms with Gasteiger partial charge in [-0.2, -0.15) is 11.3 Å². The maximum Gasteiger partial charge on any atom is 0.221 e. The number of nitrogens with two attached hydrogens (primary N) is 1. The molecule has 0 fully saturated rings. The summed E-state index contributed by atoms with van der Waals surface area (Å²) in [4.78, 5) is 11.6. The Hall–Kier alpha value is -0.870. The number of carbonyl (C=O) groups excluding carboxylic acids is 1. The third kappa shape index (κ3) is 5.33. The summed E-state index contributed by atoms with van der Waals surface area (Å²) in [6.45, 7) is 6.84. The monoisotopic (exact) mass is 254 g/mol. The maximum atomic E-state index is 11.6. The quantitative estimate of drug-likeness (QED) is 0.846. The van der Waals surface area contributed by atoms with E-state index in [9.17, 15) is 4.79 Å². The van der Waals surface area contributed by atoms with Gasteiger partial charge in [0.25, 0.3) is 0 Å². The van der Waals surface area contributed by atoms with E-state index in [1.807, 2.05) is 5.38 Å². The van der Waals surface area contributed by atoms with Crippen LogP contribution in [-0.4, -0.2) is 18.5 Å². The zero-order chi connectivity index (χ0) is 12.9. The van der Waals surface area contributed by atoms with Gasteiger partial charge in [0.15, 0.2) is 0 Å². The molecule has 0 spiro atoms. The number of hydrogen-bond acceptors (Lipinski definition) is 3. The normalized spacial score (nSPS) is 13.4. The second-order valence-corrected chi connectivity index (χ2v) is 6.19. The average Bonchev–Trinajstić information content (AvgIpc) is 2.69. The van der Waals surface area contributed by atoms with E-state index in [-0.39, 0.29) is 17.4 Å². The van der Waals surface area contributed by atoms with E-state index in [0.29, 0.717) is 13.0 Å². The predicted octanol–water partition coefficient (Wildman–Crippen LogP) is 2.17. The molecule has 0 saturated heterocycles. The first-order valence-electron chi connectivity index (χ1n) is 5.93. The van der Waals surface area contributed by atoms with E-state index in [4.69, 9.17) is 5.73 Å². The summed E-state index contributed by atoms with van der Waals surface area (Å²) in [6, 6.07) is 1.99. The highest BCUT2D eigenvalue weighted by Gasteiger charge is 2.22. The zero-order valence-corrected chi connectivity index (χ0v) is 11.6. The standard InChI is InChI=1S/C13H22N2OS/c1-13(2,3)11(14)8-12(16)15-6-4-10-5-7-17-9-10/h5,7,9,11H,4,6,8,14H2,1-3H3,(H,15,16). The molecule has 3 nitrogen and oxygen atoms in total. The van der Waals surface area contributed by atoms with Crippen LogP contribution in [0.15, 0.2) is 16.8 Å². The Morgan fingerprint density at radius 1 is 1.53 bits per heavy atom. The number of nitrogens with one attached hydrogen (secondary N) is 1. The minimum atomic E-state index is -0.0938. The van der Waals surface area contributed by atoms with Gasteiger partial charge in [-0.05, 0) is 34.2 Å². The molecule has 0 bridgehead atoms. The maximum absolute atomic E-state index is 11.6. The van der Waals surface area contributed by atoms with Crippen LogP contribution in [0.1, 0.15) is 32.8 Å². The van der Waals surface area contributed by atoms with Crippen molar-refractivity contribution in [2.24, 2.45) is 11.1 Å². The average molecular weight is 254 g/mol. The van der Waals surface area contributed by atoms with Gasteiger partial charge in [0.05, 0.1) is 0 Å². The van der Waals surface area contributed by atoms with Crippen molar-refractivity contribution in [3.8, 4) is 0 Å². The Labute approximate surface area is 107 Å². The first kappa shape index (κ1) is 14.2. The van der Waals surface area contributed by atoms with Crippen molar-refractivity contribution in [1.82, 2.24) is 5.32 Å². The van der Waals surface area contributed by atoms with E-state index < -0.39 is 0 Å². The van der Waals surface area contributed by atoms with Gasteiger partial charge >= 0.3 is 0 Å². The Bertz CT molecular complexity index is 341. The summed E-state index contributed by atoms with van der Waals surface area (Å²) >= 11 is 1.68. The minimum absolute atomic E-state index is 0.0231. The van der Waals surface area contributed by atoms with Crippen molar-refractivity contribution in [2.75, 3.05) is 6.54 Å². The van der Waals surface area contributed by atoms with Gasteiger partial charge in [0.1, 0.15) is 0 Å². The van der Waals surface area contributed by atoms with Crippen molar-refractivity contribution in [1.29, 1.82) is 0 Å². The number of amides is 1. The molecule has 0 aliphatic heterocycles. The molecule has 1 rings (SSSR count). The summed E-state index contributed by atoms with van der Waals surface area (Å²) in [5.41, 5.74) is 7.21. The molecule has 0 aliphatic carbocycles. The highest BCUT2D eigenvalue weighted by Crippen LogP contribution is 2.19. The molecule has 1 aromatic heterocycles. The summed E-state index contributed by atoms with van der Waals surface area (Å²) in [5.74, 6) is 0.0441. The Morgan fingerprint density at radius 3 is 2.76 bits per heavy atom. The molecule has 96 valence electrons. The van der Waals surface area contributed by atoms with Crippen LogP contribution < -0.4 is 11.1 Å². The SMILES string of the molecule is CC(C)(C)C(N)CC(=O)NCCc1ccsc1. The highest BCUT2D eigenvalue weighted by atomic mass is 32.1. The van der Waals surface area contributed by atoms with Gasteiger partial charge in [-0.15, -0.1) is 0 Å². The summed E-state index contributed by atoms with van der Waals surface area (Å²) in [7, 11) is 0. The predicted molar refractivity (Wildman–Crippen MR) is 73.1 cm³/mol. The van der Waals surface area contributed by atoms with Crippen molar-refractivity contribution in [3.05, 3.63) is 22.4 Å². The highest BCUT2D eigenvalue weighted by molar-refractivity contribution is 7.07. The van der Waals surface area contributed by atoms with Crippen LogP contribution in [-0.2, 0) is 11.2 Å². The Balaban J connectivity index is 2.22. The second kappa shape index (κ2) is 6.17. The molecule has 0 aromatic carbocycles. The molecule has 1 atom stereocenters. The molecule has 0 saturated carbocycles. The van der Waals surface area contributed by atoms with E-state index in [2.05, 4.69) is 37.5 Å². The molecule has 0 radical (unpaired) electrons. The fourth-order valence-corrected chi connectivity index (χ4v) is 2.06. The van der Waals surface area contributed by atoms with Gasteiger partial charge in [0, 0.05) is 19.0 Å². The number of carbonyl (C=O) groups is 1. The van der Waals surface area contributed by atoms with Crippen molar-refractivity contribution in [2.45, 2.75) is 39.7 Å². The Morgan fingerprint density at radius 2 is 2.24 bits per heavy atom. The van der Waals surface area contributed by atoms with Crippen LogP contribution in [0.2, 0.25) is 0 Å². The minimum Gasteiger partial charge on any atom is -0.356 e. The fraction of sp³-hybridized carbons (Fsp3) is 0.615. The topological polar surface area (TPSA) is 55.1 Å². The molecule has 3 N–H and O–H groups in total. The van der Waals surface area contributed by atoms with Crippen LogP contribution in [0, 0.1) is 5.41 Å². The largest absolute Gasteiger partial charge is 0.356 e. The van der Waals surface area contributed by atoms with Gasteiger partial charge in [-0.3, -0.25) is 4.79 Å². The lowest BCUT2D eigenvalue weighted by Gasteiger charge is -2.26. The third-order valence-electron chi connectivity index (χ3n) is 2.83. The van der Waals surface area contributed by atoms with E-state index in [0.717, 1.165) is 6.42 Å². The van der Waals surface area contributed by atoms with Gasteiger partial charge < -0.3 is 11.1 Å². The van der Waals surface area contributed by atoms with Crippen molar-refractivity contribution >= 4 is 17.2 Å². The van der Waals surface area contributed by atoms with Crippen LogP contribution in [0.4, 0.5) is 0 Å². The number of thiophene rings is 1. The molecule has 1 unspecified atom stereocenters. The van der Waals surface area contributed by atoms with Crippen LogP contribution >= 0.6 is 11.3 Å². The van der Waals surface area contributed by atoms with E-state index in [1.165, 1.54) is 5.56 Å². The molecule has 1 heterocycles. The molecule has 1 amide bonds. The summed E-state index contributed by atoms with van der Waals surface area (Å²) in [6.07, 6.45) is 1.28. The first-order valence-corrected chi connectivity index (χ1v) is 6.87. The molecule has 1 aromatic rings. The van der Waals surface area contributed by atoms with Crippen LogP contribution in [0.25, 0.3) is 0 Å². The van der Waals surface area contributed by atoms with Gasteiger partial charge in [-0.25, -0.2) is 0 Å². The molecule has 4 heteroatoms. The lowest BCUT2D eigenvalue weighted by Crippen LogP contribution is -2.40. The van der Waals surface area contributed by atoms with Crippen molar-refractivity contribution < 1.29 is 4.79 Å². The van der Waals surface area contributed by atoms with Gasteiger partial charge in [0.2, 0.25) is 5.91 Å². The molecular formula is C13H22N2OS. The number of rotatable bonds is 5. The number of hydrogen-bond donors (Lipinski definition) is 2. The van der Waals surface area contributed by atoms with Crippen LogP contribution in [0.3, 0.4) is 0 Å². The third-order valence-corrected chi connectivity index (χ3v) is 3.57. The molecular weight excluding hydrogens is 232 g/mol. The van der Waals surface area contributed by atoms with E-state index in [1.54, 1.807) is 11.3 Å². The molecule has 17 heavy (non-hydrogen) atoms. The molecule has 0 aliphatic rings. The summed E-state index contributed by atoms with van der Waals surface area (Å²) < 4.78 is 0. The van der Waals surface area contributed by atoms with Crippen LogP contribution in [0.5, 0.6) is 0 Å². The first-order chi connectivity index (χ1) is 7.89. The lowest BCUT2D eigenvalue weighted by atomic mass is 9.85. The van der Waals surface area contributed by atoms with Gasteiger partial charge in [-0.1, -0.05) is 20.8 Å². The fourth-order valence-electron chi connectivity index (χ4n) is 1.36.